The molecule has 0 saturated carbocycles. The van der Waals surface area contributed by atoms with Gasteiger partial charge in [-0.25, -0.2) is 0 Å². The third-order valence-corrected chi connectivity index (χ3v) is 5.07. The van der Waals surface area contributed by atoms with Crippen LogP contribution in [-0.4, -0.2) is 65.5 Å². The number of hydrogen-bond acceptors (Lipinski definition) is 4. The van der Waals surface area contributed by atoms with Gasteiger partial charge in [0, 0.05) is 28.2 Å². The van der Waals surface area contributed by atoms with Gasteiger partial charge in [0.25, 0.3) is 0 Å². The van der Waals surface area contributed by atoms with Crippen LogP contribution in [0.4, 0.5) is 0 Å². The maximum atomic E-state index is 5.07. The molecule has 0 aromatic rings. The van der Waals surface area contributed by atoms with Crippen LogP contribution >= 0.6 is 46.0 Å². The second kappa shape index (κ2) is 8.39. The summed E-state index contributed by atoms with van der Waals surface area (Å²) < 4.78 is 1.67. The van der Waals surface area contributed by atoms with Crippen LogP contribution in [0.1, 0.15) is 0 Å². The van der Waals surface area contributed by atoms with E-state index < -0.39 is 0 Å². The first-order chi connectivity index (χ1) is 5.45. The van der Waals surface area contributed by atoms with Gasteiger partial charge >= 0.3 is 18.9 Å². The third kappa shape index (κ3) is 8.10. The van der Waals surface area contributed by atoms with E-state index in [1.165, 1.54) is 21.6 Å². The fourth-order valence-electron chi connectivity index (χ4n) is 0.220. The van der Waals surface area contributed by atoms with Crippen LogP contribution in [-0.2, 0) is 0 Å². The van der Waals surface area contributed by atoms with Crippen molar-refractivity contribution in [3.8, 4) is 0 Å². The van der Waals surface area contributed by atoms with Crippen molar-refractivity contribution in [2.45, 2.75) is 0 Å². The summed E-state index contributed by atoms with van der Waals surface area (Å²) in [6.07, 6.45) is 0. The summed E-state index contributed by atoms with van der Waals surface area (Å²) in [5.74, 6) is 0. The van der Waals surface area contributed by atoms with E-state index >= 15 is 0 Å². The van der Waals surface area contributed by atoms with Crippen molar-refractivity contribution in [2.24, 2.45) is 0 Å². The van der Waals surface area contributed by atoms with E-state index in [0.29, 0.717) is 0 Å². The van der Waals surface area contributed by atoms with Crippen molar-refractivity contribution < 1.29 is 0 Å². The van der Waals surface area contributed by atoms with E-state index in [-0.39, 0.29) is 18.9 Å². The van der Waals surface area contributed by atoms with E-state index in [4.69, 9.17) is 24.4 Å². The molecule has 0 radical (unpaired) electrons. The second-order valence-electron chi connectivity index (χ2n) is 2.49. The Labute approximate surface area is 111 Å². The monoisotopic (exact) mass is 248 g/mol. The molecule has 0 aromatic carbocycles. The first-order valence-corrected chi connectivity index (χ1v) is 6.19. The molecule has 2 nitrogen and oxygen atoms in total. The molecule has 0 heterocycles. The molecule has 0 spiro atoms. The van der Waals surface area contributed by atoms with Gasteiger partial charge in [0.15, 0.2) is 0 Å². The predicted octanol–water partition coefficient (Wildman–Crippen LogP) is 1.41. The van der Waals surface area contributed by atoms with Crippen molar-refractivity contribution in [1.29, 1.82) is 0 Å². The Kier molecular flexibility index (Phi) is 10.7. The number of hydrogen-bond donors (Lipinski definition) is 0. The van der Waals surface area contributed by atoms with Crippen LogP contribution in [0.5, 0.6) is 0 Å². The normalized spacial score (nSPS) is 8.62. The SMILES string of the molecule is CN(C)C(=S)SSC(=S)N(C)C.[LiH]. The summed E-state index contributed by atoms with van der Waals surface area (Å²) >= 11 is 10.1. The molecule has 7 heteroatoms. The van der Waals surface area contributed by atoms with Crippen molar-refractivity contribution in [1.82, 2.24) is 9.80 Å². The van der Waals surface area contributed by atoms with Crippen LogP contribution < -0.4 is 0 Å². The van der Waals surface area contributed by atoms with Crippen molar-refractivity contribution in [2.75, 3.05) is 28.2 Å². The van der Waals surface area contributed by atoms with Gasteiger partial charge < -0.3 is 9.80 Å². The van der Waals surface area contributed by atoms with Gasteiger partial charge in [-0.3, -0.25) is 0 Å². The zero-order valence-corrected chi connectivity index (χ0v) is 10.8. The molecular weight excluding hydrogens is 235 g/mol. The van der Waals surface area contributed by atoms with Gasteiger partial charge in [0.1, 0.15) is 8.64 Å². The molecule has 0 aliphatic rings. The zero-order chi connectivity index (χ0) is 9.72. The van der Waals surface area contributed by atoms with Crippen molar-refractivity contribution >= 4 is 73.5 Å². The number of thiocarbonyl (C=S) groups is 2. The minimum absolute atomic E-state index is 0. The van der Waals surface area contributed by atoms with E-state index in [1.807, 2.05) is 38.0 Å². The summed E-state index contributed by atoms with van der Waals surface area (Å²) in [7, 11) is 10.7. The summed E-state index contributed by atoms with van der Waals surface area (Å²) in [6, 6.07) is 0. The fraction of sp³-hybridized carbons (Fsp3) is 0.667. The molecule has 72 valence electrons. The zero-order valence-electron chi connectivity index (χ0n) is 7.53. The Morgan fingerprint density at radius 2 is 1.08 bits per heavy atom. The van der Waals surface area contributed by atoms with Crippen LogP contribution in [0, 0.1) is 0 Å². The molecule has 0 bridgehead atoms. The summed E-state index contributed by atoms with van der Waals surface area (Å²) in [5.41, 5.74) is 0. The molecule has 0 fully saturated rings. The van der Waals surface area contributed by atoms with Gasteiger partial charge in [-0.2, -0.15) is 0 Å². The third-order valence-electron chi connectivity index (χ3n) is 0.915. The van der Waals surface area contributed by atoms with Crippen molar-refractivity contribution in [3.05, 3.63) is 0 Å². The van der Waals surface area contributed by atoms with E-state index in [1.54, 1.807) is 0 Å². The molecule has 0 aliphatic carbocycles. The Hall–Kier alpha value is 1.08. The quantitative estimate of drug-likeness (QED) is 0.361. The molecule has 0 saturated heterocycles. The standard InChI is InChI=1S/C6H12N2S4.Li.H/c1-7(2)5(9)11-12-6(10)8(3)4;;/h1-4H3;;. The molecular formula is C6H13LiN2S4. The average molecular weight is 248 g/mol. The molecule has 0 aromatic heterocycles. The van der Waals surface area contributed by atoms with E-state index in [0.717, 1.165) is 8.64 Å². The Balaban J connectivity index is 0. The van der Waals surface area contributed by atoms with Crippen LogP contribution in [0.3, 0.4) is 0 Å². The minimum atomic E-state index is 0. The summed E-state index contributed by atoms with van der Waals surface area (Å²) in [4.78, 5) is 3.79. The number of rotatable bonds is 0. The maximum absolute atomic E-state index is 5.07. The Morgan fingerprint density at radius 1 is 0.846 bits per heavy atom. The van der Waals surface area contributed by atoms with Crippen molar-refractivity contribution in [3.63, 3.8) is 0 Å². The molecule has 0 N–H and O–H groups in total. The molecule has 13 heavy (non-hydrogen) atoms. The molecule has 0 amide bonds. The van der Waals surface area contributed by atoms with E-state index in [2.05, 4.69) is 0 Å². The van der Waals surface area contributed by atoms with Crippen LogP contribution in [0.25, 0.3) is 0 Å². The first-order valence-electron chi connectivity index (χ1n) is 3.22. The topological polar surface area (TPSA) is 6.48 Å². The molecule has 0 aliphatic heterocycles. The van der Waals surface area contributed by atoms with Crippen LogP contribution in [0.15, 0.2) is 0 Å². The Bertz CT molecular complexity index is 163. The van der Waals surface area contributed by atoms with Gasteiger partial charge in [-0.05, 0) is 21.6 Å². The van der Waals surface area contributed by atoms with Gasteiger partial charge in [-0.15, -0.1) is 0 Å². The van der Waals surface area contributed by atoms with Crippen LogP contribution in [0.2, 0.25) is 0 Å². The average Bonchev–Trinajstić information content (AvgIpc) is 1.98. The summed E-state index contributed by atoms with van der Waals surface area (Å²) in [6.45, 7) is 0. The summed E-state index contributed by atoms with van der Waals surface area (Å²) in [5, 5.41) is 0. The fourth-order valence-corrected chi connectivity index (χ4v) is 2.60. The Morgan fingerprint density at radius 3 is 1.23 bits per heavy atom. The first kappa shape index (κ1) is 16.5. The second-order valence-corrected chi connectivity index (χ2v) is 5.88. The van der Waals surface area contributed by atoms with Gasteiger partial charge in [-0.1, -0.05) is 24.4 Å². The molecule has 0 atom stereocenters. The van der Waals surface area contributed by atoms with Gasteiger partial charge in [0.05, 0.1) is 0 Å². The van der Waals surface area contributed by atoms with E-state index in [9.17, 15) is 0 Å². The molecule has 0 rings (SSSR count). The van der Waals surface area contributed by atoms with Gasteiger partial charge in [0.2, 0.25) is 0 Å². The predicted molar refractivity (Wildman–Crippen MR) is 74.9 cm³/mol. The number of nitrogens with zero attached hydrogens (tertiary/aromatic N) is 2. The molecule has 0 unspecified atom stereocenters.